The summed E-state index contributed by atoms with van der Waals surface area (Å²) >= 11 is 1.40. The fraction of sp³-hybridized carbons (Fsp3) is 0.269. The zero-order valence-corrected chi connectivity index (χ0v) is 18.7. The number of thiophene rings is 1. The molecule has 1 amide bonds. The molecule has 1 aliphatic heterocycles. The smallest absolute Gasteiger partial charge is 0.265 e. The van der Waals surface area contributed by atoms with E-state index in [1.54, 1.807) is 18.2 Å². The maximum Gasteiger partial charge on any atom is 0.265 e. The van der Waals surface area contributed by atoms with Gasteiger partial charge in [-0.2, -0.15) is 0 Å². The molecular formula is C26H25FN2O2S. The number of nitrogens with zero attached hydrogens (tertiary/aromatic N) is 1. The van der Waals surface area contributed by atoms with E-state index in [0.29, 0.717) is 27.8 Å². The molecule has 4 nitrogen and oxygen atoms in total. The highest BCUT2D eigenvalue weighted by Crippen LogP contribution is 2.42. The Morgan fingerprint density at radius 1 is 1.12 bits per heavy atom. The zero-order valence-electron chi connectivity index (χ0n) is 17.9. The van der Waals surface area contributed by atoms with Crippen molar-refractivity contribution in [2.24, 2.45) is 5.92 Å². The summed E-state index contributed by atoms with van der Waals surface area (Å²) < 4.78 is 20.6. The number of nitrogens with one attached hydrogen (secondary N) is 1. The molecule has 1 saturated heterocycles. The summed E-state index contributed by atoms with van der Waals surface area (Å²) in [4.78, 5) is 16.0. The molecule has 5 rings (SSSR count). The standard InChI is InChI=1S/C26H25FN2O2S/c1-17-11-13-29(14-12-17)24(18-6-4-7-19(27)16-18)25-23(20-8-2-3-9-21(20)31-25)28-26(30)22-10-5-15-32-22/h2-10,15-17,24H,11-14H2,1H3,(H,28,30)/t24-/m1/s1. The van der Waals surface area contributed by atoms with E-state index in [1.807, 2.05) is 41.8 Å². The van der Waals surface area contributed by atoms with E-state index in [4.69, 9.17) is 4.42 Å². The number of piperidine rings is 1. The SMILES string of the molecule is CC1CCN([C@H](c2cccc(F)c2)c2oc3ccccc3c2NC(=O)c2cccs2)CC1. The number of hydrogen-bond acceptors (Lipinski definition) is 4. The van der Waals surface area contributed by atoms with Gasteiger partial charge in [-0.1, -0.05) is 37.3 Å². The first-order valence-corrected chi connectivity index (χ1v) is 11.8. The third-order valence-electron chi connectivity index (χ3n) is 6.20. The number of carbonyl (C=O) groups excluding carboxylic acids is 1. The highest BCUT2D eigenvalue weighted by Gasteiger charge is 2.32. The normalized spacial score (nSPS) is 16.3. The molecule has 0 spiro atoms. The number of benzene rings is 2. The Bertz CT molecular complexity index is 1230. The van der Waals surface area contributed by atoms with Crippen molar-refractivity contribution >= 4 is 33.9 Å². The zero-order chi connectivity index (χ0) is 22.1. The molecule has 1 N–H and O–H groups in total. The van der Waals surface area contributed by atoms with Gasteiger partial charge in [0.05, 0.1) is 16.6 Å². The van der Waals surface area contributed by atoms with E-state index in [-0.39, 0.29) is 17.8 Å². The van der Waals surface area contributed by atoms with Crippen molar-refractivity contribution in [1.29, 1.82) is 0 Å². The van der Waals surface area contributed by atoms with Gasteiger partial charge in [-0.15, -0.1) is 11.3 Å². The van der Waals surface area contributed by atoms with Crippen LogP contribution in [0.5, 0.6) is 0 Å². The Morgan fingerprint density at radius 2 is 1.94 bits per heavy atom. The predicted molar refractivity (Wildman–Crippen MR) is 127 cm³/mol. The van der Waals surface area contributed by atoms with E-state index in [0.717, 1.165) is 36.9 Å². The van der Waals surface area contributed by atoms with Crippen LogP contribution < -0.4 is 5.32 Å². The summed E-state index contributed by atoms with van der Waals surface area (Å²) in [6.45, 7) is 4.04. The van der Waals surface area contributed by atoms with Gasteiger partial charge in [-0.25, -0.2) is 4.39 Å². The van der Waals surface area contributed by atoms with Crippen LogP contribution in [0.2, 0.25) is 0 Å². The maximum absolute atomic E-state index is 14.3. The Hall–Kier alpha value is -2.96. The lowest BCUT2D eigenvalue weighted by Gasteiger charge is -2.36. The van der Waals surface area contributed by atoms with Crippen molar-refractivity contribution < 1.29 is 13.6 Å². The van der Waals surface area contributed by atoms with Gasteiger partial charge in [0.15, 0.2) is 0 Å². The monoisotopic (exact) mass is 448 g/mol. The molecule has 2 aromatic carbocycles. The molecule has 1 atom stereocenters. The van der Waals surface area contributed by atoms with E-state index in [1.165, 1.54) is 17.4 Å². The molecule has 0 aliphatic carbocycles. The molecule has 0 saturated carbocycles. The van der Waals surface area contributed by atoms with Crippen molar-refractivity contribution in [3.63, 3.8) is 0 Å². The lowest BCUT2D eigenvalue weighted by molar-refractivity contribution is 0.102. The average Bonchev–Trinajstić information content (AvgIpc) is 3.45. The topological polar surface area (TPSA) is 45.5 Å². The summed E-state index contributed by atoms with van der Waals surface area (Å²) in [5, 5.41) is 5.84. The number of hydrogen-bond donors (Lipinski definition) is 1. The molecule has 1 fully saturated rings. The minimum absolute atomic E-state index is 0.168. The minimum atomic E-state index is -0.288. The molecule has 4 aromatic rings. The number of rotatable bonds is 5. The van der Waals surface area contributed by atoms with Crippen LogP contribution in [0.15, 0.2) is 70.5 Å². The van der Waals surface area contributed by atoms with Gasteiger partial charge in [0.1, 0.15) is 17.2 Å². The number of halogens is 1. The molecule has 2 aromatic heterocycles. The molecule has 32 heavy (non-hydrogen) atoms. The Balaban J connectivity index is 1.64. The number of likely N-dealkylation sites (tertiary alicyclic amines) is 1. The van der Waals surface area contributed by atoms with Crippen molar-refractivity contribution in [3.8, 4) is 0 Å². The first-order chi connectivity index (χ1) is 15.6. The fourth-order valence-corrected chi connectivity index (χ4v) is 5.08. The second-order valence-electron chi connectivity index (χ2n) is 8.44. The largest absolute Gasteiger partial charge is 0.457 e. The van der Waals surface area contributed by atoms with Crippen LogP contribution in [0.1, 0.15) is 46.8 Å². The van der Waals surface area contributed by atoms with Crippen molar-refractivity contribution in [3.05, 3.63) is 88.1 Å². The maximum atomic E-state index is 14.3. The summed E-state index contributed by atoms with van der Waals surface area (Å²) in [6.07, 6.45) is 2.14. The first-order valence-electron chi connectivity index (χ1n) is 11.0. The highest BCUT2D eigenvalue weighted by molar-refractivity contribution is 7.12. The van der Waals surface area contributed by atoms with E-state index in [2.05, 4.69) is 17.1 Å². The van der Waals surface area contributed by atoms with Crippen LogP contribution in [-0.4, -0.2) is 23.9 Å². The second-order valence-corrected chi connectivity index (χ2v) is 9.39. The lowest BCUT2D eigenvalue weighted by atomic mass is 9.94. The summed E-state index contributed by atoms with van der Waals surface area (Å²) in [7, 11) is 0. The number of para-hydroxylation sites is 1. The number of amides is 1. The molecule has 0 radical (unpaired) electrons. The number of furan rings is 1. The van der Waals surface area contributed by atoms with Crippen molar-refractivity contribution in [2.75, 3.05) is 18.4 Å². The van der Waals surface area contributed by atoms with Crippen LogP contribution in [0.4, 0.5) is 10.1 Å². The van der Waals surface area contributed by atoms with Crippen LogP contribution >= 0.6 is 11.3 Å². The van der Waals surface area contributed by atoms with Gasteiger partial charge in [-0.3, -0.25) is 9.69 Å². The molecule has 0 bridgehead atoms. The minimum Gasteiger partial charge on any atom is -0.457 e. The Morgan fingerprint density at radius 3 is 2.69 bits per heavy atom. The average molecular weight is 449 g/mol. The quantitative estimate of drug-likeness (QED) is 0.369. The second kappa shape index (κ2) is 8.88. The summed E-state index contributed by atoms with van der Waals surface area (Å²) in [5.74, 6) is 0.862. The molecule has 164 valence electrons. The van der Waals surface area contributed by atoms with Crippen LogP contribution in [0.25, 0.3) is 11.0 Å². The van der Waals surface area contributed by atoms with Gasteiger partial charge >= 0.3 is 0 Å². The first kappa shape index (κ1) is 20.9. The Labute approximate surface area is 190 Å². The van der Waals surface area contributed by atoms with Crippen LogP contribution in [0.3, 0.4) is 0 Å². The van der Waals surface area contributed by atoms with Gasteiger partial charge in [0.2, 0.25) is 0 Å². The van der Waals surface area contributed by atoms with Crippen molar-refractivity contribution in [2.45, 2.75) is 25.8 Å². The van der Waals surface area contributed by atoms with E-state index < -0.39 is 0 Å². The third kappa shape index (κ3) is 4.08. The third-order valence-corrected chi connectivity index (χ3v) is 7.07. The van der Waals surface area contributed by atoms with Gasteiger partial charge in [-0.05, 0) is 73.1 Å². The van der Waals surface area contributed by atoms with E-state index >= 15 is 0 Å². The van der Waals surface area contributed by atoms with Gasteiger partial charge < -0.3 is 9.73 Å². The molecule has 1 aliphatic rings. The van der Waals surface area contributed by atoms with Gasteiger partial charge in [0, 0.05) is 5.39 Å². The number of fused-ring (bicyclic) bond motifs is 1. The number of anilines is 1. The van der Waals surface area contributed by atoms with Crippen molar-refractivity contribution in [1.82, 2.24) is 4.90 Å². The molecule has 6 heteroatoms. The van der Waals surface area contributed by atoms with Crippen LogP contribution in [0, 0.1) is 11.7 Å². The Kier molecular flexibility index (Phi) is 5.81. The van der Waals surface area contributed by atoms with Gasteiger partial charge in [0.25, 0.3) is 5.91 Å². The summed E-state index contributed by atoms with van der Waals surface area (Å²) in [6, 6.07) is 17.8. The molecular weight excluding hydrogens is 423 g/mol. The fourth-order valence-electron chi connectivity index (χ4n) is 4.46. The van der Waals surface area contributed by atoms with Crippen LogP contribution in [-0.2, 0) is 0 Å². The number of carbonyl (C=O) groups is 1. The lowest BCUT2D eigenvalue weighted by Crippen LogP contribution is -2.37. The summed E-state index contributed by atoms with van der Waals surface area (Å²) in [5.41, 5.74) is 2.19. The molecule has 0 unspecified atom stereocenters. The predicted octanol–water partition coefficient (Wildman–Crippen LogP) is 6.71. The van der Waals surface area contributed by atoms with E-state index in [9.17, 15) is 9.18 Å². The molecule has 3 heterocycles. The highest BCUT2D eigenvalue weighted by atomic mass is 32.1.